The molecule has 2 aliphatic rings. The van der Waals surface area contributed by atoms with Crippen molar-refractivity contribution < 1.29 is 24.4 Å². The van der Waals surface area contributed by atoms with Gasteiger partial charge in [-0.3, -0.25) is 4.57 Å². The minimum atomic E-state index is -1.12. The van der Waals surface area contributed by atoms with Crippen LogP contribution >= 0.6 is 0 Å². The number of fused-ring (bicyclic) bond motifs is 3. The van der Waals surface area contributed by atoms with Gasteiger partial charge in [-0.25, -0.2) is 4.98 Å². The minimum absolute atomic E-state index is 0.0348. The molecule has 2 bridgehead atoms. The van der Waals surface area contributed by atoms with E-state index in [2.05, 4.69) is 15.0 Å². The summed E-state index contributed by atoms with van der Waals surface area (Å²) in [5.74, 6) is 0.287. The number of nitrogens with two attached hydrogens (primary N) is 1. The molecule has 2 fully saturated rings. The second kappa shape index (κ2) is 4.49. The number of aromatic nitrogens is 4. The van der Waals surface area contributed by atoms with Crippen LogP contribution in [0.1, 0.15) is 6.23 Å². The van der Waals surface area contributed by atoms with Crippen LogP contribution in [0.4, 0.5) is 5.95 Å². The number of imidazole rings is 1. The molecule has 2 aromatic heterocycles. The van der Waals surface area contributed by atoms with Crippen LogP contribution in [-0.2, 0) is 9.47 Å². The van der Waals surface area contributed by atoms with E-state index in [-0.39, 0.29) is 25.0 Å². The molecule has 2 saturated heterocycles. The number of rotatable bonds is 3. The number of nitrogens with zero attached hydrogens (tertiary/aromatic N) is 4. The van der Waals surface area contributed by atoms with Gasteiger partial charge in [-0.2, -0.15) is 9.97 Å². The second-order valence-electron chi connectivity index (χ2n) is 5.37. The normalized spacial score (nSPS) is 33.7. The summed E-state index contributed by atoms with van der Waals surface area (Å²) in [5, 5.41) is 19.8. The van der Waals surface area contributed by atoms with E-state index in [9.17, 15) is 10.2 Å². The first-order chi connectivity index (χ1) is 10.6. The molecule has 0 amide bonds. The highest BCUT2D eigenvalue weighted by Crippen LogP contribution is 2.45. The summed E-state index contributed by atoms with van der Waals surface area (Å²) >= 11 is 0. The molecule has 10 heteroatoms. The predicted molar refractivity (Wildman–Crippen MR) is 72.0 cm³/mol. The van der Waals surface area contributed by atoms with Gasteiger partial charge in [-0.05, 0) is 0 Å². The summed E-state index contributed by atoms with van der Waals surface area (Å²) in [6.07, 6.45) is -0.721. The quantitative estimate of drug-likeness (QED) is 0.614. The van der Waals surface area contributed by atoms with Crippen LogP contribution in [0, 0.1) is 0 Å². The first-order valence-electron chi connectivity index (χ1n) is 6.72. The first kappa shape index (κ1) is 13.6. The maximum absolute atomic E-state index is 10.3. The van der Waals surface area contributed by atoms with E-state index >= 15 is 0 Å². The monoisotopic (exact) mass is 309 g/mol. The Kier molecular flexibility index (Phi) is 2.78. The van der Waals surface area contributed by atoms with E-state index in [4.69, 9.17) is 19.9 Å². The molecule has 0 saturated carbocycles. The van der Waals surface area contributed by atoms with Gasteiger partial charge in [0.15, 0.2) is 17.4 Å². The Morgan fingerprint density at radius 3 is 3.05 bits per heavy atom. The molecule has 22 heavy (non-hydrogen) atoms. The van der Waals surface area contributed by atoms with Crippen molar-refractivity contribution in [3.8, 4) is 5.88 Å². The standard InChI is InChI=1S/C12H15N5O5/c1-20-9-5-8(15-11(13)16-9)17(4-14-5)10-6-7(19)12(2-18,22-10)3-21-6/h4,6-7,10,18-19H,2-3H2,1H3,(H2,13,15,16)/t6-,7+,10+,12+/m1/s1. The van der Waals surface area contributed by atoms with Crippen molar-refractivity contribution in [2.45, 2.75) is 24.0 Å². The number of ether oxygens (including phenoxy) is 3. The molecular formula is C12H15N5O5. The van der Waals surface area contributed by atoms with Crippen molar-refractivity contribution in [3.63, 3.8) is 0 Å². The Morgan fingerprint density at radius 2 is 2.36 bits per heavy atom. The summed E-state index contributed by atoms with van der Waals surface area (Å²) < 4.78 is 18.1. The van der Waals surface area contributed by atoms with Gasteiger partial charge < -0.3 is 30.2 Å². The maximum atomic E-state index is 10.3. The van der Waals surface area contributed by atoms with Crippen LogP contribution in [0.25, 0.3) is 11.2 Å². The molecule has 0 radical (unpaired) electrons. The van der Waals surface area contributed by atoms with Gasteiger partial charge in [0.05, 0.1) is 26.7 Å². The second-order valence-corrected chi connectivity index (χ2v) is 5.37. The SMILES string of the molecule is COc1nc(N)nc2c1ncn2[C@H]1O[C@@]2(CO)CO[C@@H]1[C@@H]2O. The molecule has 4 atom stereocenters. The Bertz CT molecular complexity index is 736. The van der Waals surface area contributed by atoms with Crippen LogP contribution in [-0.4, -0.2) is 67.9 Å². The van der Waals surface area contributed by atoms with Gasteiger partial charge in [0.2, 0.25) is 11.8 Å². The smallest absolute Gasteiger partial charge is 0.246 e. The van der Waals surface area contributed by atoms with Gasteiger partial charge >= 0.3 is 0 Å². The number of nitrogen functional groups attached to an aromatic ring is 1. The van der Waals surface area contributed by atoms with Crippen molar-refractivity contribution in [2.24, 2.45) is 0 Å². The molecule has 2 aliphatic heterocycles. The highest BCUT2D eigenvalue weighted by Gasteiger charge is 2.61. The Balaban J connectivity index is 1.82. The van der Waals surface area contributed by atoms with Crippen LogP contribution in [0.5, 0.6) is 5.88 Å². The van der Waals surface area contributed by atoms with Crippen LogP contribution in [0.15, 0.2) is 6.33 Å². The third-order valence-electron chi connectivity index (χ3n) is 4.15. The van der Waals surface area contributed by atoms with Gasteiger partial charge in [0.1, 0.15) is 17.8 Å². The number of hydrogen-bond donors (Lipinski definition) is 3. The molecule has 10 nitrogen and oxygen atoms in total. The lowest BCUT2D eigenvalue weighted by Crippen LogP contribution is -2.44. The summed E-state index contributed by atoms with van der Waals surface area (Å²) in [4.78, 5) is 12.3. The predicted octanol–water partition coefficient (Wildman–Crippen LogP) is -1.56. The van der Waals surface area contributed by atoms with E-state index in [1.807, 2.05) is 0 Å². The van der Waals surface area contributed by atoms with Crippen molar-refractivity contribution >= 4 is 17.1 Å². The summed E-state index contributed by atoms with van der Waals surface area (Å²) in [6.45, 7) is -0.201. The van der Waals surface area contributed by atoms with Crippen molar-refractivity contribution in [3.05, 3.63) is 6.33 Å². The summed E-state index contributed by atoms with van der Waals surface area (Å²) in [5.41, 5.74) is 5.40. The fourth-order valence-corrected chi connectivity index (χ4v) is 2.99. The molecule has 4 heterocycles. The average Bonchev–Trinajstić information content (AvgIpc) is 3.16. The highest BCUT2D eigenvalue weighted by molar-refractivity contribution is 5.77. The fraction of sp³-hybridized carbons (Fsp3) is 0.583. The molecule has 0 aliphatic carbocycles. The van der Waals surface area contributed by atoms with Crippen LogP contribution in [0.3, 0.4) is 0 Å². The maximum Gasteiger partial charge on any atom is 0.246 e. The summed E-state index contributed by atoms with van der Waals surface area (Å²) in [6, 6.07) is 0. The number of anilines is 1. The lowest BCUT2D eigenvalue weighted by molar-refractivity contribution is -0.185. The van der Waals surface area contributed by atoms with Gasteiger partial charge in [-0.1, -0.05) is 0 Å². The molecule has 0 aromatic carbocycles. The lowest BCUT2D eigenvalue weighted by Gasteiger charge is -2.29. The van der Waals surface area contributed by atoms with Gasteiger partial charge in [0, 0.05) is 0 Å². The Labute approximate surface area is 124 Å². The molecule has 0 spiro atoms. The zero-order valence-electron chi connectivity index (χ0n) is 11.7. The van der Waals surface area contributed by atoms with Crippen LogP contribution in [0.2, 0.25) is 0 Å². The number of hydrogen-bond acceptors (Lipinski definition) is 9. The topological polar surface area (TPSA) is 138 Å². The Hall–Kier alpha value is -2.01. The van der Waals surface area contributed by atoms with E-state index < -0.39 is 24.0 Å². The van der Waals surface area contributed by atoms with E-state index in [1.165, 1.54) is 13.4 Å². The third-order valence-corrected chi connectivity index (χ3v) is 4.15. The molecular weight excluding hydrogens is 294 g/mol. The third kappa shape index (κ3) is 1.60. The Morgan fingerprint density at radius 1 is 1.55 bits per heavy atom. The molecule has 4 rings (SSSR count). The number of methoxy groups -OCH3 is 1. The average molecular weight is 309 g/mol. The van der Waals surface area contributed by atoms with Crippen molar-refractivity contribution in [1.29, 1.82) is 0 Å². The number of aliphatic hydroxyl groups is 2. The van der Waals surface area contributed by atoms with Crippen molar-refractivity contribution in [2.75, 3.05) is 26.1 Å². The molecule has 118 valence electrons. The van der Waals surface area contributed by atoms with Gasteiger partial charge in [-0.15, -0.1) is 0 Å². The molecule has 0 unspecified atom stereocenters. The fourth-order valence-electron chi connectivity index (χ4n) is 2.99. The number of aliphatic hydroxyl groups excluding tert-OH is 2. The summed E-state index contributed by atoms with van der Waals surface area (Å²) in [7, 11) is 1.46. The zero-order valence-corrected chi connectivity index (χ0v) is 11.7. The van der Waals surface area contributed by atoms with E-state index in [0.717, 1.165) is 0 Å². The zero-order chi connectivity index (χ0) is 15.5. The van der Waals surface area contributed by atoms with E-state index in [1.54, 1.807) is 4.57 Å². The van der Waals surface area contributed by atoms with Crippen LogP contribution < -0.4 is 10.5 Å². The lowest BCUT2D eigenvalue weighted by atomic mass is 10.0. The first-order valence-corrected chi connectivity index (χ1v) is 6.72. The highest BCUT2D eigenvalue weighted by atomic mass is 16.7. The minimum Gasteiger partial charge on any atom is -0.479 e. The largest absolute Gasteiger partial charge is 0.479 e. The van der Waals surface area contributed by atoms with Crippen molar-refractivity contribution in [1.82, 2.24) is 19.5 Å². The molecule has 2 aromatic rings. The molecule has 4 N–H and O–H groups in total. The van der Waals surface area contributed by atoms with E-state index in [0.29, 0.717) is 11.2 Å². The van der Waals surface area contributed by atoms with Gasteiger partial charge in [0.25, 0.3) is 0 Å².